The van der Waals surface area contributed by atoms with Gasteiger partial charge in [0.15, 0.2) is 11.8 Å². The first-order chi connectivity index (χ1) is 13.6. The monoisotopic (exact) mass is 513 g/mol. The van der Waals surface area contributed by atoms with Gasteiger partial charge in [0.2, 0.25) is 5.89 Å². The number of nitrogens with zero attached hydrogens (tertiary/aromatic N) is 3. The highest BCUT2D eigenvalue weighted by atomic mass is 127. The van der Waals surface area contributed by atoms with Gasteiger partial charge in [-0.1, -0.05) is 17.3 Å². The molecule has 2 aromatic rings. The van der Waals surface area contributed by atoms with Crippen molar-refractivity contribution >= 4 is 29.9 Å². The Balaban J connectivity index is 0.00000300. The highest BCUT2D eigenvalue weighted by Crippen LogP contribution is 2.27. The zero-order valence-electron chi connectivity index (χ0n) is 17.5. The molecule has 1 aliphatic carbocycles. The molecule has 2 N–H and O–H groups in total. The molecule has 1 fully saturated rings. The quantitative estimate of drug-likeness (QED) is 0.241. The van der Waals surface area contributed by atoms with Crippen molar-refractivity contribution in [1.29, 1.82) is 0 Å². The molecule has 0 amide bonds. The zero-order chi connectivity index (χ0) is 19.8. The van der Waals surface area contributed by atoms with E-state index in [1.165, 1.54) is 18.4 Å². The first-order valence-corrected chi connectivity index (χ1v) is 10.1. The second-order valence-electron chi connectivity index (χ2n) is 7.33. The Labute approximate surface area is 190 Å². The molecule has 0 saturated heterocycles. The van der Waals surface area contributed by atoms with Crippen LogP contribution < -0.4 is 15.4 Å². The molecular weight excluding hydrogens is 481 g/mol. The molecule has 1 saturated carbocycles. The summed E-state index contributed by atoms with van der Waals surface area (Å²) in [5.41, 5.74) is 2.37. The standard InChI is InChI=1S/C21H31N5O2.HI/c1-15-10-11-17(19(13-15)27-18-7-4-5-8-18)14-24-21(22-3)23-12-6-9-20-25-16(2)26-28-20;/h10-11,13,18H,4-9,12,14H2,1-3H3,(H2,22,23,24);1H. The van der Waals surface area contributed by atoms with E-state index in [1.54, 1.807) is 7.05 Å². The number of hydrogen-bond acceptors (Lipinski definition) is 5. The fourth-order valence-corrected chi connectivity index (χ4v) is 3.39. The third-order valence-electron chi connectivity index (χ3n) is 4.92. The van der Waals surface area contributed by atoms with Crippen LogP contribution in [0.3, 0.4) is 0 Å². The van der Waals surface area contributed by atoms with Crippen molar-refractivity contribution in [3.05, 3.63) is 41.0 Å². The number of benzene rings is 1. The summed E-state index contributed by atoms with van der Waals surface area (Å²) in [6.45, 7) is 5.38. The highest BCUT2D eigenvalue weighted by molar-refractivity contribution is 14.0. The van der Waals surface area contributed by atoms with Crippen LogP contribution in [0.4, 0.5) is 0 Å². The minimum absolute atomic E-state index is 0. The van der Waals surface area contributed by atoms with E-state index in [0.717, 1.165) is 49.5 Å². The summed E-state index contributed by atoms with van der Waals surface area (Å²) in [4.78, 5) is 8.52. The lowest BCUT2D eigenvalue weighted by molar-refractivity contribution is 0.207. The average molecular weight is 513 g/mol. The first-order valence-electron chi connectivity index (χ1n) is 10.1. The molecule has 3 rings (SSSR count). The fraction of sp³-hybridized carbons (Fsp3) is 0.571. The van der Waals surface area contributed by atoms with Gasteiger partial charge in [-0.15, -0.1) is 24.0 Å². The number of ether oxygens (including phenoxy) is 1. The molecule has 1 aromatic carbocycles. The smallest absolute Gasteiger partial charge is 0.226 e. The van der Waals surface area contributed by atoms with Crippen molar-refractivity contribution in [2.75, 3.05) is 13.6 Å². The van der Waals surface area contributed by atoms with E-state index in [0.29, 0.717) is 24.4 Å². The second kappa shape index (κ2) is 12.0. The van der Waals surface area contributed by atoms with Crippen LogP contribution >= 0.6 is 24.0 Å². The number of aliphatic imine (C=N–C) groups is 1. The molecule has 0 bridgehead atoms. The lowest BCUT2D eigenvalue weighted by atomic mass is 10.1. The number of rotatable bonds is 8. The molecule has 1 aliphatic rings. The van der Waals surface area contributed by atoms with Gasteiger partial charge in [0.05, 0.1) is 6.10 Å². The number of hydrogen-bond donors (Lipinski definition) is 2. The van der Waals surface area contributed by atoms with Gasteiger partial charge in [-0.2, -0.15) is 4.98 Å². The van der Waals surface area contributed by atoms with Gasteiger partial charge in [-0.3, -0.25) is 4.99 Å². The average Bonchev–Trinajstić information content (AvgIpc) is 3.34. The summed E-state index contributed by atoms with van der Waals surface area (Å²) in [5.74, 6) is 3.11. The van der Waals surface area contributed by atoms with E-state index in [-0.39, 0.29) is 24.0 Å². The summed E-state index contributed by atoms with van der Waals surface area (Å²) in [6.07, 6.45) is 6.84. The van der Waals surface area contributed by atoms with Crippen molar-refractivity contribution in [2.45, 2.75) is 65.0 Å². The normalized spacial score (nSPS) is 14.5. The second-order valence-corrected chi connectivity index (χ2v) is 7.33. The van der Waals surface area contributed by atoms with Crippen LogP contribution in [0.25, 0.3) is 0 Å². The summed E-state index contributed by atoms with van der Waals surface area (Å²) in [5, 5.41) is 10.5. The minimum atomic E-state index is 0. The van der Waals surface area contributed by atoms with Crippen LogP contribution in [0.1, 0.15) is 54.9 Å². The third-order valence-corrected chi connectivity index (χ3v) is 4.92. The molecule has 160 valence electrons. The molecule has 8 heteroatoms. The predicted molar refractivity (Wildman–Crippen MR) is 125 cm³/mol. The van der Waals surface area contributed by atoms with E-state index in [1.807, 2.05) is 6.92 Å². The van der Waals surface area contributed by atoms with Crippen LogP contribution in [-0.4, -0.2) is 35.8 Å². The Bertz CT molecular complexity index is 787. The van der Waals surface area contributed by atoms with E-state index < -0.39 is 0 Å². The molecule has 0 atom stereocenters. The van der Waals surface area contributed by atoms with Gasteiger partial charge < -0.3 is 19.9 Å². The summed E-state index contributed by atoms with van der Waals surface area (Å²) in [7, 11) is 1.78. The maximum absolute atomic E-state index is 6.28. The topological polar surface area (TPSA) is 84.6 Å². The minimum Gasteiger partial charge on any atom is -0.490 e. The molecule has 7 nitrogen and oxygen atoms in total. The lowest BCUT2D eigenvalue weighted by Crippen LogP contribution is -2.37. The van der Waals surface area contributed by atoms with Gasteiger partial charge in [-0.25, -0.2) is 0 Å². The van der Waals surface area contributed by atoms with Crippen molar-refractivity contribution in [3.63, 3.8) is 0 Å². The molecule has 0 radical (unpaired) electrons. The molecule has 0 spiro atoms. The van der Waals surface area contributed by atoms with Gasteiger partial charge in [0.1, 0.15) is 5.75 Å². The summed E-state index contributed by atoms with van der Waals surface area (Å²) in [6, 6.07) is 6.40. The highest BCUT2D eigenvalue weighted by Gasteiger charge is 2.18. The Morgan fingerprint density at radius 1 is 1.24 bits per heavy atom. The number of guanidine groups is 1. The van der Waals surface area contributed by atoms with Crippen molar-refractivity contribution < 1.29 is 9.26 Å². The molecular formula is C21H32IN5O2. The van der Waals surface area contributed by atoms with E-state index >= 15 is 0 Å². The zero-order valence-corrected chi connectivity index (χ0v) is 19.9. The maximum Gasteiger partial charge on any atom is 0.226 e. The van der Waals surface area contributed by atoms with Gasteiger partial charge in [0.25, 0.3) is 0 Å². The van der Waals surface area contributed by atoms with Crippen LogP contribution in [0, 0.1) is 13.8 Å². The number of halogens is 1. The van der Waals surface area contributed by atoms with Gasteiger partial charge >= 0.3 is 0 Å². The van der Waals surface area contributed by atoms with Crippen LogP contribution in [0.15, 0.2) is 27.7 Å². The van der Waals surface area contributed by atoms with E-state index in [9.17, 15) is 0 Å². The SMILES string of the molecule is CN=C(NCCCc1nc(C)no1)NCc1ccc(C)cc1OC1CCCC1.I. The Morgan fingerprint density at radius 2 is 2.03 bits per heavy atom. The molecule has 0 unspecified atom stereocenters. The van der Waals surface area contributed by atoms with Crippen LogP contribution in [0.5, 0.6) is 5.75 Å². The van der Waals surface area contributed by atoms with Gasteiger partial charge in [-0.05, 0) is 57.6 Å². The van der Waals surface area contributed by atoms with Crippen LogP contribution in [-0.2, 0) is 13.0 Å². The molecule has 0 aliphatic heterocycles. The Morgan fingerprint density at radius 3 is 2.72 bits per heavy atom. The Hall–Kier alpha value is -1.84. The Kier molecular flexibility index (Phi) is 9.69. The maximum atomic E-state index is 6.28. The first kappa shape index (κ1) is 23.4. The van der Waals surface area contributed by atoms with Crippen molar-refractivity contribution in [3.8, 4) is 5.75 Å². The van der Waals surface area contributed by atoms with E-state index in [4.69, 9.17) is 9.26 Å². The predicted octanol–water partition coefficient (Wildman–Crippen LogP) is 3.92. The fourth-order valence-electron chi connectivity index (χ4n) is 3.39. The molecule has 1 aromatic heterocycles. The number of aromatic nitrogens is 2. The van der Waals surface area contributed by atoms with Crippen LogP contribution in [0.2, 0.25) is 0 Å². The number of aryl methyl sites for hydroxylation is 3. The third kappa shape index (κ3) is 7.49. The molecule has 29 heavy (non-hydrogen) atoms. The van der Waals surface area contributed by atoms with Crippen molar-refractivity contribution in [1.82, 2.24) is 20.8 Å². The van der Waals surface area contributed by atoms with E-state index in [2.05, 4.69) is 50.9 Å². The largest absolute Gasteiger partial charge is 0.490 e. The molecule has 1 heterocycles. The summed E-state index contributed by atoms with van der Waals surface area (Å²) < 4.78 is 11.4. The van der Waals surface area contributed by atoms with Crippen molar-refractivity contribution in [2.24, 2.45) is 4.99 Å². The number of nitrogens with one attached hydrogen (secondary N) is 2. The van der Waals surface area contributed by atoms with Gasteiger partial charge in [0, 0.05) is 32.1 Å². The lowest BCUT2D eigenvalue weighted by Gasteiger charge is -2.18. The summed E-state index contributed by atoms with van der Waals surface area (Å²) >= 11 is 0.